The van der Waals surface area contributed by atoms with Crippen molar-refractivity contribution in [3.8, 4) is 0 Å². The van der Waals surface area contributed by atoms with Crippen molar-refractivity contribution in [2.24, 2.45) is 5.92 Å². The van der Waals surface area contributed by atoms with Crippen LogP contribution in [0.1, 0.15) is 52.9 Å². The maximum absolute atomic E-state index is 5.72. The fraction of sp³-hybridized carbons (Fsp3) is 1.00. The molecule has 0 aromatic carbocycles. The van der Waals surface area contributed by atoms with Gasteiger partial charge in [0.15, 0.2) is 5.79 Å². The average molecular weight is 200 g/mol. The predicted octanol–water partition coefficient (Wildman–Crippen LogP) is 3.36. The summed E-state index contributed by atoms with van der Waals surface area (Å²) in [5.74, 6) is 0.591. The monoisotopic (exact) mass is 200 g/mol. The van der Waals surface area contributed by atoms with Gasteiger partial charge in [-0.15, -0.1) is 0 Å². The zero-order valence-electron chi connectivity index (χ0n) is 9.84. The van der Waals surface area contributed by atoms with Gasteiger partial charge in [0.05, 0.1) is 13.2 Å². The van der Waals surface area contributed by atoms with Crippen LogP contribution in [0.5, 0.6) is 0 Å². The van der Waals surface area contributed by atoms with Crippen molar-refractivity contribution in [2.45, 2.75) is 58.7 Å². The smallest absolute Gasteiger partial charge is 0.167 e. The van der Waals surface area contributed by atoms with E-state index in [4.69, 9.17) is 9.47 Å². The van der Waals surface area contributed by atoms with E-state index in [1.165, 1.54) is 25.7 Å². The molecule has 2 nitrogen and oxygen atoms in total. The van der Waals surface area contributed by atoms with E-state index in [1.54, 1.807) is 0 Å². The van der Waals surface area contributed by atoms with Crippen molar-refractivity contribution in [1.29, 1.82) is 0 Å². The van der Waals surface area contributed by atoms with Gasteiger partial charge in [-0.2, -0.15) is 0 Å². The van der Waals surface area contributed by atoms with Crippen molar-refractivity contribution in [3.05, 3.63) is 0 Å². The third-order valence-electron chi connectivity index (χ3n) is 3.17. The van der Waals surface area contributed by atoms with Crippen LogP contribution in [-0.4, -0.2) is 19.0 Å². The lowest BCUT2D eigenvalue weighted by atomic mass is 9.97. The zero-order chi connectivity index (χ0) is 10.4. The molecule has 1 aliphatic rings. The third kappa shape index (κ3) is 3.58. The van der Waals surface area contributed by atoms with Crippen LogP contribution < -0.4 is 0 Å². The van der Waals surface area contributed by atoms with Gasteiger partial charge in [0.2, 0.25) is 0 Å². The second-order valence-electron chi connectivity index (χ2n) is 4.43. The average Bonchev–Trinajstić information content (AvgIpc) is 2.14. The molecule has 14 heavy (non-hydrogen) atoms. The second-order valence-corrected chi connectivity index (χ2v) is 4.43. The fourth-order valence-electron chi connectivity index (χ4n) is 1.91. The minimum atomic E-state index is -0.246. The highest BCUT2D eigenvalue weighted by molar-refractivity contribution is 4.71. The van der Waals surface area contributed by atoms with Crippen LogP contribution in [0.15, 0.2) is 0 Å². The lowest BCUT2D eigenvalue weighted by Crippen LogP contribution is -2.43. The van der Waals surface area contributed by atoms with Crippen LogP contribution >= 0.6 is 0 Å². The van der Waals surface area contributed by atoms with E-state index in [0.717, 1.165) is 25.6 Å². The first kappa shape index (κ1) is 12.0. The summed E-state index contributed by atoms with van der Waals surface area (Å²) in [6.07, 6.45) is 6.12. The van der Waals surface area contributed by atoms with E-state index in [-0.39, 0.29) is 5.79 Å². The van der Waals surface area contributed by atoms with Crippen LogP contribution in [0.2, 0.25) is 0 Å². The van der Waals surface area contributed by atoms with Crippen LogP contribution in [0.3, 0.4) is 0 Å². The Kier molecular flexibility index (Phi) is 4.90. The quantitative estimate of drug-likeness (QED) is 0.627. The van der Waals surface area contributed by atoms with Crippen molar-refractivity contribution in [1.82, 2.24) is 0 Å². The summed E-state index contributed by atoms with van der Waals surface area (Å²) in [6.45, 7) is 8.27. The molecule has 0 aliphatic carbocycles. The molecule has 2 unspecified atom stereocenters. The lowest BCUT2D eigenvalue weighted by Gasteiger charge is -2.38. The van der Waals surface area contributed by atoms with Crippen molar-refractivity contribution < 1.29 is 9.47 Å². The Hall–Kier alpha value is -0.0800. The highest BCUT2D eigenvalue weighted by Gasteiger charge is 2.33. The molecule has 0 spiro atoms. The molecule has 84 valence electrons. The molecule has 1 heterocycles. The Morgan fingerprint density at radius 1 is 1.36 bits per heavy atom. The Bertz CT molecular complexity index is 152. The summed E-state index contributed by atoms with van der Waals surface area (Å²) >= 11 is 0. The summed E-state index contributed by atoms with van der Waals surface area (Å²) in [4.78, 5) is 0. The highest BCUT2D eigenvalue weighted by Crippen LogP contribution is 2.27. The summed E-state index contributed by atoms with van der Waals surface area (Å²) in [5.41, 5.74) is 0. The maximum Gasteiger partial charge on any atom is 0.167 e. The van der Waals surface area contributed by atoms with E-state index < -0.39 is 0 Å². The van der Waals surface area contributed by atoms with Gasteiger partial charge in [-0.05, 0) is 19.3 Å². The molecule has 0 N–H and O–H groups in total. The molecule has 0 saturated carbocycles. The minimum Gasteiger partial charge on any atom is -0.350 e. The molecule has 0 amide bonds. The van der Waals surface area contributed by atoms with Crippen molar-refractivity contribution in [3.63, 3.8) is 0 Å². The third-order valence-corrected chi connectivity index (χ3v) is 3.17. The van der Waals surface area contributed by atoms with Gasteiger partial charge in [0.25, 0.3) is 0 Å². The molecule has 1 aliphatic heterocycles. The summed E-state index contributed by atoms with van der Waals surface area (Å²) in [5, 5.41) is 0. The van der Waals surface area contributed by atoms with Gasteiger partial charge in [-0.1, -0.05) is 33.1 Å². The van der Waals surface area contributed by atoms with Gasteiger partial charge in [-0.25, -0.2) is 0 Å². The molecule has 0 aromatic rings. The Morgan fingerprint density at radius 2 is 2.07 bits per heavy atom. The van der Waals surface area contributed by atoms with Crippen molar-refractivity contribution >= 4 is 0 Å². The molecule has 0 bridgehead atoms. The standard InChI is InChI=1S/C12H24O2/c1-4-6-11(5-2)7-9-13-12(3)8-10-14-12/h11H,4-10H2,1-3H3. The van der Waals surface area contributed by atoms with E-state index in [2.05, 4.69) is 13.8 Å². The molecular weight excluding hydrogens is 176 g/mol. The number of hydrogen-bond donors (Lipinski definition) is 0. The number of rotatable bonds is 7. The summed E-state index contributed by atoms with van der Waals surface area (Å²) in [6, 6.07) is 0. The van der Waals surface area contributed by atoms with E-state index >= 15 is 0 Å². The van der Waals surface area contributed by atoms with Gasteiger partial charge in [0, 0.05) is 6.42 Å². The summed E-state index contributed by atoms with van der Waals surface area (Å²) < 4.78 is 11.1. The molecule has 2 atom stereocenters. The second kappa shape index (κ2) is 5.72. The largest absolute Gasteiger partial charge is 0.350 e. The maximum atomic E-state index is 5.72. The molecule has 1 rings (SSSR count). The Labute approximate surface area is 88.0 Å². The summed E-state index contributed by atoms with van der Waals surface area (Å²) in [7, 11) is 0. The van der Waals surface area contributed by atoms with Gasteiger partial charge >= 0.3 is 0 Å². The van der Waals surface area contributed by atoms with Gasteiger partial charge in [0.1, 0.15) is 0 Å². The molecule has 2 heteroatoms. The lowest BCUT2D eigenvalue weighted by molar-refractivity contribution is -0.296. The first-order valence-electron chi connectivity index (χ1n) is 5.98. The van der Waals surface area contributed by atoms with E-state index in [9.17, 15) is 0 Å². The van der Waals surface area contributed by atoms with Crippen LogP contribution in [-0.2, 0) is 9.47 Å². The normalized spacial score (nSPS) is 28.5. The zero-order valence-corrected chi connectivity index (χ0v) is 9.84. The molecule has 0 aromatic heterocycles. The SMILES string of the molecule is CCCC(CC)CCOC1(C)CCO1. The molecule has 1 fully saturated rings. The molecular formula is C12H24O2. The van der Waals surface area contributed by atoms with E-state index in [1.807, 2.05) is 6.92 Å². The topological polar surface area (TPSA) is 18.5 Å². The molecule has 1 saturated heterocycles. The van der Waals surface area contributed by atoms with Crippen molar-refractivity contribution in [2.75, 3.05) is 13.2 Å². The Morgan fingerprint density at radius 3 is 2.50 bits per heavy atom. The highest BCUT2D eigenvalue weighted by atomic mass is 16.7. The van der Waals surface area contributed by atoms with Crippen LogP contribution in [0, 0.1) is 5.92 Å². The number of ether oxygens (including phenoxy) is 2. The van der Waals surface area contributed by atoms with E-state index in [0.29, 0.717) is 0 Å². The Balaban J connectivity index is 2.06. The van der Waals surface area contributed by atoms with Crippen LogP contribution in [0.4, 0.5) is 0 Å². The fourth-order valence-corrected chi connectivity index (χ4v) is 1.91. The van der Waals surface area contributed by atoms with Gasteiger partial charge in [-0.3, -0.25) is 0 Å². The minimum absolute atomic E-state index is 0.246. The van der Waals surface area contributed by atoms with Crippen LogP contribution in [0.25, 0.3) is 0 Å². The molecule has 0 radical (unpaired) electrons. The van der Waals surface area contributed by atoms with Gasteiger partial charge < -0.3 is 9.47 Å². The first-order chi connectivity index (χ1) is 6.70. The first-order valence-corrected chi connectivity index (χ1v) is 5.98. The predicted molar refractivity (Wildman–Crippen MR) is 58.2 cm³/mol. The number of hydrogen-bond acceptors (Lipinski definition) is 2.